The number of nitrogens with one attached hydrogen (secondary N) is 2. The summed E-state index contributed by atoms with van der Waals surface area (Å²) < 4.78 is 4.66. The second-order valence-corrected chi connectivity index (χ2v) is 8.98. The molecular formula is C28H24ClN3O5. The van der Waals surface area contributed by atoms with Crippen molar-refractivity contribution in [3.8, 4) is 0 Å². The van der Waals surface area contributed by atoms with Crippen molar-refractivity contribution in [3.63, 3.8) is 0 Å². The number of carbonyl (C=O) groups is 4. The number of halogens is 1. The van der Waals surface area contributed by atoms with Crippen molar-refractivity contribution in [3.05, 3.63) is 100 Å². The van der Waals surface area contributed by atoms with E-state index in [4.69, 9.17) is 11.6 Å². The second-order valence-electron chi connectivity index (χ2n) is 8.61. The summed E-state index contributed by atoms with van der Waals surface area (Å²) in [6, 6.07) is 19.8. The van der Waals surface area contributed by atoms with Crippen LogP contribution in [0.25, 0.3) is 0 Å². The fourth-order valence-electron chi connectivity index (χ4n) is 3.71. The van der Waals surface area contributed by atoms with Gasteiger partial charge in [-0.3, -0.25) is 14.4 Å². The maximum absolute atomic E-state index is 13.0. The highest BCUT2D eigenvalue weighted by Crippen LogP contribution is 2.31. The number of methoxy groups -OCH3 is 1. The molecule has 4 rings (SSSR count). The quantitative estimate of drug-likeness (QED) is 0.326. The molecule has 0 aromatic heterocycles. The SMILES string of the molecule is COC(=O)c1ccc(NC(=O)c2ccc(NC3=C(Cl)C(=O)N(c4ccc(C(C)C)cc4)C3=O)cc2)cc1. The molecule has 1 aliphatic rings. The third-order valence-corrected chi connectivity index (χ3v) is 6.18. The molecule has 0 fully saturated rings. The van der Waals surface area contributed by atoms with Crippen LogP contribution in [0.2, 0.25) is 0 Å². The zero-order valence-corrected chi connectivity index (χ0v) is 21.1. The van der Waals surface area contributed by atoms with E-state index in [1.165, 1.54) is 7.11 Å². The van der Waals surface area contributed by atoms with Crippen LogP contribution in [0.3, 0.4) is 0 Å². The standard InChI is InChI=1S/C28H24ClN3O5/c1-16(2)17-8-14-22(15-9-17)32-26(34)23(29)24(27(32)35)30-20-10-4-18(5-11-20)25(33)31-21-12-6-19(7-13-21)28(36)37-3/h4-16,30H,1-3H3,(H,31,33). The van der Waals surface area contributed by atoms with Gasteiger partial charge in [-0.1, -0.05) is 37.6 Å². The van der Waals surface area contributed by atoms with Crippen molar-refractivity contribution in [1.29, 1.82) is 0 Å². The molecule has 0 bridgehead atoms. The third-order valence-electron chi connectivity index (χ3n) is 5.83. The van der Waals surface area contributed by atoms with E-state index in [9.17, 15) is 19.2 Å². The van der Waals surface area contributed by atoms with Gasteiger partial charge >= 0.3 is 5.97 Å². The van der Waals surface area contributed by atoms with Crippen molar-refractivity contribution in [2.75, 3.05) is 22.6 Å². The lowest BCUT2D eigenvalue weighted by molar-refractivity contribution is -0.120. The summed E-state index contributed by atoms with van der Waals surface area (Å²) in [5.74, 6) is -1.69. The van der Waals surface area contributed by atoms with Gasteiger partial charge in [-0.2, -0.15) is 0 Å². The van der Waals surface area contributed by atoms with E-state index in [1.807, 2.05) is 12.1 Å². The highest BCUT2D eigenvalue weighted by Gasteiger charge is 2.39. The van der Waals surface area contributed by atoms with E-state index in [0.717, 1.165) is 10.5 Å². The monoisotopic (exact) mass is 517 g/mol. The van der Waals surface area contributed by atoms with Crippen molar-refractivity contribution in [2.24, 2.45) is 0 Å². The molecule has 0 aliphatic carbocycles. The lowest BCUT2D eigenvalue weighted by atomic mass is 10.0. The van der Waals surface area contributed by atoms with Crippen molar-refractivity contribution < 1.29 is 23.9 Å². The molecule has 9 heteroatoms. The molecule has 0 saturated carbocycles. The number of ether oxygens (including phenoxy) is 1. The third kappa shape index (κ3) is 5.39. The Labute approximate surface area is 218 Å². The Morgan fingerprint density at radius 2 is 1.38 bits per heavy atom. The van der Waals surface area contributed by atoms with Crippen molar-refractivity contribution in [2.45, 2.75) is 19.8 Å². The Hall–Kier alpha value is -4.43. The zero-order chi connectivity index (χ0) is 26.7. The van der Waals surface area contributed by atoms with Crippen LogP contribution < -0.4 is 15.5 Å². The summed E-state index contributed by atoms with van der Waals surface area (Å²) in [4.78, 5) is 50.9. The van der Waals surface area contributed by atoms with E-state index in [0.29, 0.717) is 34.1 Å². The van der Waals surface area contributed by atoms with Gasteiger partial charge in [-0.05, 0) is 72.1 Å². The van der Waals surface area contributed by atoms with Crippen LogP contribution in [0.5, 0.6) is 0 Å². The molecular weight excluding hydrogens is 494 g/mol. The molecule has 1 aliphatic heterocycles. The van der Waals surface area contributed by atoms with Gasteiger partial charge in [0, 0.05) is 16.9 Å². The normalized spacial score (nSPS) is 13.3. The summed E-state index contributed by atoms with van der Waals surface area (Å²) in [6.45, 7) is 4.11. The number of amides is 3. The van der Waals surface area contributed by atoms with E-state index in [2.05, 4.69) is 29.2 Å². The maximum Gasteiger partial charge on any atom is 0.337 e. The molecule has 3 amide bonds. The van der Waals surface area contributed by atoms with Gasteiger partial charge in [0.2, 0.25) is 0 Å². The van der Waals surface area contributed by atoms with E-state index < -0.39 is 17.8 Å². The maximum atomic E-state index is 13.0. The van der Waals surface area contributed by atoms with Crippen molar-refractivity contribution >= 4 is 52.4 Å². The van der Waals surface area contributed by atoms with Gasteiger partial charge < -0.3 is 15.4 Å². The lowest BCUT2D eigenvalue weighted by Gasteiger charge is -2.16. The largest absolute Gasteiger partial charge is 0.465 e. The predicted octanol–water partition coefficient (Wildman–Crippen LogP) is 5.28. The van der Waals surface area contributed by atoms with Gasteiger partial charge in [0.25, 0.3) is 17.7 Å². The number of esters is 1. The molecule has 0 atom stereocenters. The smallest absolute Gasteiger partial charge is 0.337 e. The Morgan fingerprint density at radius 3 is 1.95 bits per heavy atom. The number of nitrogens with zero attached hydrogens (tertiary/aromatic N) is 1. The first-order valence-corrected chi connectivity index (χ1v) is 11.8. The van der Waals surface area contributed by atoms with Crippen LogP contribution in [-0.4, -0.2) is 30.8 Å². The first-order chi connectivity index (χ1) is 17.7. The average molecular weight is 518 g/mol. The molecule has 37 heavy (non-hydrogen) atoms. The van der Waals surface area contributed by atoms with Crippen LogP contribution in [0.15, 0.2) is 83.5 Å². The lowest BCUT2D eigenvalue weighted by Crippen LogP contribution is -2.32. The predicted molar refractivity (Wildman–Crippen MR) is 142 cm³/mol. The minimum atomic E-state index is -0.610. The Balaban J connectivity index is 1.43. The van der Waals surface area contributed by atoms with Crippen LogP contribution >= 0.6 is 11.6 Å². The molecule has 3 aromatic carbocycles. The van der Waals surface area contributed by atoms with Crippen LogP contribution in [0.1, 0.15) is 46.0 Å². The molecule has 0 radical (unpaired) electrons. The number of rotatable bonds is 7. The number of imide groups is 1. The molecule has 0 spiro atoms. The minimum absolute atomic E-state index is 0.0394. The number of carbonyl (C=O) groups excluding carboxylic acids is 4. The molecule has 8 nitrogen and oxygen atoms in total. The van der Waals surface area contributed by atoms with Gasteiger partial charge in [0.1, 0.15) is 10.7 Å². The van der Waals surface area contributed by atoms with E-state index in [1.54, 1.807) is 60.7 Å². The molecule has 0 saturated heterocycles. The molecule has 1 heterocycles. The topological polar surface area (TPSA) is 105 Å². The Kier molecular flexibility index (Phi) is 7.40. The van der Waals surface area contributed by atoms with Gasteiger partial charge in [-0.25, -0.2) is 9.69 Å². The average Bonchev–Trinajstić information content (AvgIpc) is 3.12. The van der Waals surface area contributed by atoms with Crippen LogP contribution in [0, 0.1) is 0 Å². The fraction of sp³-hybridized carbons (Fsp3) is 0.143. The number of hydrogen-bond donors (Lipinski definition) is 2. The van der Waals surface area contributed by atoms with E-state index >= 15 is 0 Å². The number of hydrogen-bond acceptors (Lipinski definition) is 6. The Morgan fingerprint density at radius 1 is 0.811 bits per heavy atom. The van der Waals surface area contributed by atoms with Gasteiger partial charge in [0.15, 0.2) is 0 Å². The summed E-state index contributed by atoms with van der Waals surface area (Å²) >= 11 is 6.22. The summed E-state index contributed by atoms with van der Waals surface area (Å²) in [5.41, 5.74) is 3.20. The fourth-order valence-corrected chi connectivity index (χ4v) is 3.93. The van der Waals surface area contributed by atoms with Crippen LogP contribution in [-0.2, 0) is 14.3 Å². The second kappa shape index (κ2) is 10.7. The van der Waals surface area contributed by atoms with Gasteiger partial charge in [0.05, 0.1) is 18.4 Å². The van der Waals surface area contributed by atoms with Crippen LogP contribution in [0.4, 0.5) is 17.1 Å². The first kappa shape index (κ1) is 25.7. The summed E-state index contributed by atoms with van der Waals surface area (Å²) in [6.07, 6.45) is 0. The minimum Gasteiger partial charge on any atom is -0.465 e. The van der Waals surface area contributed by atoms with Crippen molar-refractivity contribution in [1.82, 2.24) is 0 Å². The van der Waals surface area contributed by atoms with Gasteiger partial charge in [-0.15, -0.1) is 0 Å². The molecule has 0 unspecified atom stereocenters. The zero-order valence-electron chi connectivity index (χ0n) is 20.4. The summed E-state index contributed by atoms with van der Waals surface area (Å²) in [7, 11) is 1.29. The molecule has 188 valence electrons. The number of benzene rings is 3. The number of anilines is 3. The summed E-state index contributed by atoms with van der Waals surface area (Å²) in [5, 5.41) is 5.43. The highest BCUT2D eigenvalue weighted by molar-refractivity contribution is 6.53. The van der Waals surface area contributed by atoms with E-state index in [-0.39, 0.29) is 16.6 Å². The molecule has 2 N–H and O–H groups in total. The first-order valence-electron chi connectivity index (χ1n) is 11.4. The molecule has 3 aromatic rings. The highest BCUT2D eigenvalue weighted by atomic mass is 35.5. The Bertz CT molecular complexity index is 1400.